The summed E-state index contributed by atoms with van der Waals surface area (Å²) >= 11 is 0. The minimum atomic E-state index is 0.867. The van der Waals surface area contributed by atoms with Crippen LogP contribution in [0.4, 0.5) is 56.9 Å². The molecule has 0 aromatic heterocycles. The molecular formula is C52H42N6. The lowest BCUT2D eigenvalue weighted by Crippen LogP contribution is -2.05. The summed E-state index contributed by atoms with van der Waals surface area (Å²) in [5.41, 5.74) is 13.8. The Bertz CT molecular complexity index is 2700. The molecule has 58 heavy (non-hydrogen) atoms. The van der Waals surface area contributed by atoms with Gasteiger partial charge in [-0.3, -0.25) is 0 Å². The molecule has 0 fully saturated rings. The molecule has 0 aliphatic heterocycles. The minimum Gasteiger partial charge on any atom is -0.356 e. The van der Waals surface area contributed by atoms with Crippen molar-refractivity contribution in [3.05, 3.63) is 222 Å². The molecule has 4 N–H and O–H groups in total. The van der Waals surface area contributed by atoms with Crippen LogP contribution in [0, 0.1) is 0 Å². The van der Waals surface area contributed by atoms with Gasteiger partial charge in [-0.05, 0) is 173 Å². The summed E-state index contributed by atoms with van der Waals surface area (Å²) < 4.78 is 0. The fourth-order valence-electron chi connectivity index (χ4n) is 6.25. The summed E-state index contributed by atoms with van der Waals surface area (Å²) in [7, 11) is 0. The number of nitrogens with zero attached hydrogens (tertiary/aromatic N) is 2. The molecule has 0 amide bonds. The Morgan fingerprint density at radius 1 is 0.345 bits per heavy atom. The van der Waals surface area contributed by atoms with E-state index in [1.54, 1.807) is 0 Å². The summed E-state index contributed by atoms with van der Waals surface area (Å²) in [5.74, 6) is 0. The Morgan fingerprint density at radius 2 is 0.638 bits per heavy atom. The number of benzene rings is 7. The van der Waals surface area contributed by atoms with Gasteiger partial charge in [0.2, 0.25) is 0 Å². The van der Waals surface area contributed by atoms with Crippen LogP contribution in [-0.2, 0) is 0 Å². The summed E-state index contributed by atoms with van der Waals surface area (Å²) in [6.45, 7) is 7.76. The lowest BCUT2D eigenvalue weighted by Gasteiger charge is -2.10. The van der Waals surface area contributed by atoms with Crippen molar-refractivity contribution in [1.82, 2.24) is 0 Å². The largest absolute Gasteiger partial charge is 0.356 e. The maximum absolute atomic E-state index is 4.80. The Hall–Kier alpha value is -7.96. The number of allylic oxidation sites excluding steroid dienone is 4. The predicted molar refractivity (Wildman–Crippen MR) is 249 cm³/mol. The SMILES string of the molecule is C=Cc1ccc(Nc2ccc(Nc3ccc(N=C4C=CC(=Nc5ccc(Nc6ccc(Nc7ccc(C=c8ccc(=C)cc8)cc7)cc6)cc5)C=C4)cc3)cc2)cc1. The van der Waals surface area contributed by atoms with Gasteiger partial charge in [0.25, 0.3) is 0 Å². The van der Waals surface area contributed by atoms with E-state index in [2.05, 4.69) is 125 Å². The van der Waals surface area contributed by atoms with E-state index in [4.69, 9.17) is 9.98 Å². The van der Waals surface area contributed by atoms with Crippen LogP contribution in [0.15, 0.2) is 211 Å². The highest BCUT2D eigenvalue weighted by molar-refractivity contribution is 6.19. The van der Waals surface area contributed by atoms with Crippen LogP contribution >= 0.6 is 0 Å². The van der Waals surface area contributed by atoms with E-state index >= 15 is 0 Å². The van der Waals surface area contributed by atoms with Crippen LogP contribution in [0.3, 0.4) is 0 Å². The van der Waals surface area contributed by atoms with Gasteiger partial charge in [-0.1, -0.05) is 67.8 Å². The molecular weight excluding hydrogens is 709 g/mol. The van der Waals surface area contributed by atoms with Gasteiger partial charge in [0.1, 0.15) is 0 Å². The smallest absolute Gasteiger partial charge is 0.0638 e. The first-order chi connectivity index (χ1) is 28.5. The molecule has 0 saturated heterocycles. The average Bonchev–Trinajstić information content (AvgIpc) is 3.26. The van der Waals surface area contributed by atoms with Crippen LogP contribution in [0.5, 0.6) is 0 Å². The van der Waals surface area contributed by atoms with Crippen molar-refractivity contribution in [2.75, 3.05) is 21.3 Å². The average molecular weight is 751 g/mol. The van der Waals surface area contributed by atoms with E-state index in [0.29, 0.717) is 0 Å². The first-order valence-corrected chi connectivity index (χ1v) is 19.1. The highest BCUT2D eigenvalue weighted by atomic mass is 14.9. The molecule has 7 aromatic carbocycles. The van der Waals surface area contributed by atoms with E-state index < -0.39 is 0 Å². The van der Waals surface area contributed by atoms with Gasteiger partial charge in [-0.2, -0.15) is 0 Å². The Kier molecular flexibility index (Phi) is 11.3. The first-order valence-electron chi connectivity index (χ1n) is 19.1. The number of hydrogen-bond donors (Lipinski definition) is 4. The standard InChI is InChI=1S/C52H42N6/c1-3-38-8-12-41(13-9-38)53-43-16-20-45(21-17-43)55-47-24-28-49(29-25-47)57-51-32-34-52(35-33-51)58-50-30-26-48(27-31-50)56-46-22-18-44(19-23-46)54-42-14-10-40(11-15-42)36-39-6-4-37(2)5-7-39/h3-36,53-56H,1-2H2. The van der Waals surface area contributed by atoms with Crippen LogP contribution in [0.2, 0.25) is 0 Å². The van der Waals surface area contributed by atoms with Crippen LogP contribution in [-0.4, -0.2) is 11.4 Å². The quantitative estimate of drug-likeness (QED) is 0.0939. The second-order valence-electron chi connectivity index (χ2n) is 13.8. The molecule has 0 unspecified atom stereocenters. The van der Waals surface area contributed by atoms with Gasteiger partial charge >= 0.3 is 0 Å². The van der Waals surface area contributed by atoms with Crippen molar-refractivity contribution in [3.63, 3.8) is 0 Å². The molecule has 1 aliphatic carbocycles. The van der Waals surface area contributed by atoms with Crippen molar-refractivity contribution in [2.24, 2.45) is 9.98 Å². The highest BCUT2D eigenvalue weighted by Gasteiger charge is 2.04. The van der Waals surface area contributed by atoms with Crippen molar-refractivity contribution < 1.29 is 0 Å². The fourth-order valence-corrected chi connectivity index (χ4v) is 6.25. The third kappa shape index (κ3) is 10.2. The third-order valence-electron chi connectivity index (χ3n) is 9.40. The van der Waals surface area contributed by atoms with E-state index in [0.717, 1.165) is 89.9 Å². The molecule has 0 bridgehead atoms. The second-order valence-corrected chi connectivity index (χ2v) is 13.8. The van der Waals surface area contributed by atoms with Crippen molar-refractivity contribution >= 4 is 87.0 Å². The van der Waals surface area contributed by atoms with Gasteiger partial charge in [0.05, 0.1) is 22.8 Å². The number of rotatable bonds is 12. The number of anilines is 8. The van der Waals surface area contributed by atoms with Crippen molar-refractivity contribution in [3.8, 4) is 0 Å². The van der Waals surface area contributed by atoms with Crippen molar-refractivity contribution in [2.45, 2.75) is 0 Å². The maximum Gasteiger partial charge on any atom is 0.0638 e. The van der Waals surface area contributed by atoms with Crippen molar-refractivity contribution in [1.29, 1.82) is 0 Å². The summed E-state index contributed by atoms with van der Waals surface area (Å²) in [6.07, 6.45) is 11.9. The molecule has 0 spiro atoms. The molecule has 0 atom stereocenters. The first kappa shape index (κ1) is 37.0. The summed E-state index contributed by atoms with van der Waals surface area (Å²) in [6, 6.07) is 57.5. The number of aliphatic imine (C=N–C) groups is 2. The monoisotopic (exact) mass is 750 g/mol. The Balaban J connectivity index is 0.799. The maximum atomic E-state index is 4.80. The predicted octanol–water partition coefficient (Wildman–Crippen LogP) is 12.5. The van der Waals surface area contributed by atoms with Crippen LogP contribution in [0.25, 0.3) is 18.7 Å². The lowest BCUT2D eigenvalue weighted by molar-refractivity contribution is 1.48. The Labute approximate surface area is 339 Å². The molecule has 6 nitrogen and oxygen atoms in total. The molecule has 6 heteroatoms. The number of hydrogen-bond acceptors (Lipinski definition) is 6. The Morgan fingerprint density at radius 3 is 0.966 bits per heavy atom. The second kappa shape index (κ2) is 17.7. The van der Waals surface area contributed by atoms with Crippen LogP contribution in [0.1, 0.15) is 11.1 Å². The third-order valence-corrected chi connectivity index (χ3v) is 9.40. The fraction of sp³-hybridized carbons (Fsp3) is 0. The van der Waals surface area contributed by atoms with E-state index in [-0.39, 0.29) is 0 Å². The number of nitrogens with one attached hydrogen (secondary N) is 4. The molecule has 280 valence electrons. The molecule has 7 aromatic rings. The van der Waals surface area contributed by atoms with Crippen LogP contribution < -0.4 is 31.7 Å². The normalized spacial score (nSPS) is 11.7. The zero-order valence-electron chi connectivity index (χ0n) is 31.9. The molecule has 8 rings (SSSR count). The molecule has 0 saturated carbocycles. The van der Waals surface area contributed by atoms with E-state index in [9.17, 15) is 0 Å². The molecule has 0 heterocycles. The van der Waals surface area contributed by atoms with Gasteiger partial charge in [0.15, 0.2) is 0 Å². The lowest BCUT2D eigenvalue weighted by atomic mass is 10.1. The van der Waals surface area contributed by atoms with Gasteiger partial charge in [-0.25, -0.2) is 9.98 Å². The molecule has 1 aliphatic rings. The summed E-state index contributed by atoms with van der Waals surface area (Å²) in [5, 5.41) is 16.0. The summed E-state index contributed by atoms with van der Waals surface area (Å²) in [4.78, 5) is 9.60. The van der Waals surface area contributed by atoms with Gasteiger partial charge in [-0.15, -0.1) is 0 Å². The van der Waals surface area contributed by atoms with E-state index in [1.165, 1.54) is 0 Å². The van der Waals surface area contributed by atoms with Gasteiger partial charge < -0.3 is 21.3 Å². The molecule has 0 radical (unpaired) electrons. The minimum absolute atomic E-state index is 0.867. The highest BCUT2D eigenvalue weighted by Crippen LogP contribution is 2.26. The van der Waals surface area contributed by atoms with E-state index in [1.807, 2.05) is 115 Å². The van der Waals surface area contributed by atoms with Gasteiger partial charge in [0, 0.05) is 45.5 Å². The zero-order chi connectivity index (χ0) is 39.5. The topological polar surface area (TPSA) is 72.8 Å². The zero-order valence-corrected chi connectivity index (χ0v) is 31.9.